The van der Waals surface area contributed by atoms with Crippen LogP contribution in [0.2, 0.25) is 0 Å². The van der Waals surface area contributed by atoms with E-state index in [1.807, 2.05) is 0 Å². The van der Waals surface area contributed by atoms with E-state index in [4.69, 9.17) is 4.74 Å². The first-order valence-electron chi connectivity index (χ1n) is 7.55. The van der Waals surface area contributed by atoms with Crippen molar-refractivity contribution in [3.05, 3.63) is 11.8 Å². The summed E-state index contributed by atoms with van der Waals surface area (Å²) < 4.78 is 5.93. The summed E-state index contributed by atoms with van der Waals surface area (Å²) in [7, 11) is 0. The van der Waals surface area contributed by atoms with Crippen LogP contribution in [0.5, 0.6) is 0 Å². The van der Waals surface area contributed by atoms with Crippen LogP contribution < -0.4 is 0 Å². The lowest BCUT2D eigenvalue weighted by Crippen LogP contribution is -2.43. The van der Waals surface area contributed by atoms with E-state index in [1.165, 1.54) is 12.8 Å². The molecule has 1 aliphatic carbocycles. The zero-order valence-corrected chi connectivity index (χ0v) is 13.5. The van der Waals surface area contributed by atoms with Gasteiger partial charge in [0, 0.05) is 12.3 Å². The molecule has 0 aromatic rings. The molecule has 0 aromatic heterocycles. The summed E-state index contributed by atoms with van der Waals surface area (Å²) in [5, 5.41) is 0. The predicted octanol–water partition coefficient (Wildman–Crippen LogP) is 4.74. The fourth-order valence-corrected chi connectivity index (χ4v) is 3.83. The molecule has 19 heavy (non-hydrogen) atoms. The highest BCUT2D eigenvalue weighted by molar-refractivity contribution is 5.80. The molecule has 1 unspecified atom stereocenters. The van der Waals surface area contributed by atoms with Crippen LogP contribution in [0.3, 0.4) is 0 Å². The molecule has 0 aliphatic heterocycles. The van der Waals surface area contributed by atoms with Gasteiger partial charge in [-0.05, 0) is 30.3 Å². The summed E-state index contributed by atoms with van der Waals surface area (Å²) in [6.45, 7) is 13.4. The SMILES string of the molecule is CCCCCOC1=CC(C)(C)C(C(C)=O)C(C)(C)C1. The molecular formula is C17H30O2. The van der Waals surface area contributed by atoms with E-state index in [-0.39, 0.29) is 22.5 Å². The highest BCUT2D eigenvalue weighted by Gasteiger charge is 2.46. The molecule has 0 bridgehead atoms. The van der Waals surface area contributed by atoms with E-state index in [0.717, 1.165) is 25.2 Å². The van der Waals surface area contributed by atoms with Crippen LogP contribution in [0.1, 0.15) is 67.2 Å². The Morgan fingerprint density at radius 1 is 1.32 bits per heavy atom. The third-order valence-corrected chi connectivity index (χ3v) is 4.13. The van der Waals surface area contributed by atoms with Crippen molar-refractivity contribution in [1.29, 1.82) is 0 Å². The zero-order chi connectivity index (χ0) is 14.7. The van der Waals surface area contributed by atoms with Gasteiger partial charge < -0.3 is 4.74 Å². The number of allylic oxidation sites excluding steroid dienone is 2. The molecule has 0 amide bonds. The highest BCUT2D eigenvalue weighted by atomic mass is 16.5. The Morgan fingerprint density at radius 2 is 1.95 bits per heavy atom. The summed E-state index contributed by atoms with van der Waals surface area (Å²) >= 11 is 0. The second kappa shape index (κ2) is 6.11. The maximum absolute atomic E-state index is 12.0. The normalized spacial score (nSPS) is 24.7. The summed E-state index contributed by atoms with van der Waals surface area (Å²) in [5.74, 6) is 1.43. The number of unbranched alkanes of at least 4 members (excludes halogenated alkanes) is 2. The van der Waals surface area contributed by atoms with Crippen LogP contribution in [-0.4, -0.2) is 12.4 Å². The monoisotopic (exact) mass is 266 g/mol. The van der Waals surface area contributed by atoms with Crippen molar-refractivity contribution in [1.82, 2.24) is 0 Å². The van der Waals surface area contributed by atoms with Gasteiger partial charge in [0.05, 0.1) is 12.4 Å². The fraction of sp³-hybridized carbons (Fsp3) is 0.824. The van der Waals surface area contributed by atoms with E-state index in [1.54, 1.807) is 6.92 Å². The summed E-state index contributed by atoms with van der Waals surface area (Å²) in [4.78, 5) is 12.0. The average Bonchev–Trinajstić information content (AvgIpc) is 2.19. The molecule has 0 saturated carbocycles. The highest BCUT2D eigenvalue weighted by Crippen LogP contribution is 2.50. The summed E-state index contributed by atoms with van der Waals surface area (Å²) in [6.07, 6.45) is 6.59. The van der Waals surface area contributed by atoms with Crippen molar-refractivity contribution >= 4 is 5.78 Å². The first kappa shape index (κ1) is 16.3. The molecule has 0 N–H and O–H groups in total. The third-order valence-electron chi connectivity index (χ3n) is 4.13. The standard InChI is InChI=1S/C17H30O2/c1-7-8-9-10-19-14-11-16(3,4)15(13(2)18)17(5,6)12-14/h11,15H,7-10,12H2,1-6H3. The quantitative estimate of drug-likeness (QED) is 0.649. The summed E-state index contributed by atoms with van der Waals surface area (Å²) in [5.41, 5.74) is -0.141. The smallest absolute Gasteiger partial charge is 0.134 e. The number of hydrogen-bond donors (Lipinski definition) is 0. The van der Waals surface area contributed by atoms with Gasteiger partial charge in [0.25, 0.3) is 0 Å². The Balaban J connectivity index is 2.79. The molecule has 0 spiro atoms. The maximum Gasteiger partial charge on any atom is 0.134 e. The Morgan fingerprint density at radius 3 is 2.42 bits per heavy atom. The minimum Gasteiger partial charge on any atom is -0.498 e. The van der Waals surface area contributed by atoms with Crippen molar-refractivity contribution in [2.24, 2.45) is 16.7 Å². The van der Waals surface area contributed by atoms with Crippen LogP contribution >= 0.6 is 0 Å². The van der Waals surface area contributed by atoms with Gasteiger partial charge in [-0.1, -0.05) is 47.5 Å². The first-order valence-corrected chi connectivity index (χ1v) is 7.55. The molecule has 0 fully saturated rings. The number of Topliss-reactive ketones (excluding diaryl/α,β-unsaturated/α-hetero) is 1. The minimum atomic E-state index is -0.117. The second-order valence-electron chi connectivity index (χ2n) is 7.20. The van der Waals surface area contributed by atoms with Crippen molar-refractivity contribution in [3.8, 4) is 0 Å². The van der Waals surface area contributed by atoms with Crippen LogP contribution in [0, 0.1) is 16.7 Å². The van der Waals surface area contributed by atoms with Crippen LogP contribution in [0.4, 0.5) is 0 Å². The van der Waals surface area contributed by atoms with Gasteiger partial charge in [-0.3, -0.25) is 4.79 Å². The van der Waals surface area contributed by atoms with Gasteiger partial charge in [0.15, 0.2) is 0 Å². The van der Waals surface area contributed by atoms with Crippen LogP contribution in [0.25, 0.3) is 0 Å². The number of hydrogen-bond acceptors (Lipinski definition) is 2. The lowest BCUT2D eigenvalue weighted by Gasteiger charge is -2.46. The van der Waals surface area contributed by atoms with Crippen molar-refractivity contribution in [2.75, 3.05) is 6.61 Å². The minimum absolute atomic E-state index is 0.0236. The molecule has 2 nitrogen and oxygen atoms in total. The average molecular weight is 266 g/mol. The number of carbonyl (C=O) groups excluding carboxylic acids is 1. The maximum atomic E-state index is 12.0. The van der Waals surface area contributed by atoms with E-state index in [2.05, 4.69) is 40.7 Å². The molecule has 1 rings (SSSR count). The Labute approximate surface area is 118 Å². The summed E-state index contributed by atoms with van der Waals surface area (Å²) in [6, 6.07) is 0. The van der Waals surface area contributed by atoms with Gasteiger partial charge in [-0.2, -0.15) is 0 Å². The van der Waals surface area contributed by atoms with Gasteiger partial charge in [-0.15, -0.1) is 0 Å². The second-order valence-corrected chi connectivity index (χ2v) is 7.20. The van der Waals surface area contributed by atoms with E-state index in [0.29, 0.717) is 0 Å². The number of rotatable bonds is 6. The third kappa shape index (κ3) is 4.09. The fourth-order valence-electron chi connectivity index (χ4n) is 3.83. The van der Waals surface area contributed by atoms with Crippen LogP contribution in [0.15, 0.2) is 11.8 Å². The van der Waals surface area contributed by atoms with Crippen molar-refractivity contribution < 1.29 is 9.53 Å². The molecule has 110 valence electrons. The molecule has 0 saturated heterocycles. The molecule has 1 atom stereocenters. The number of ether oxygens (including phenoxy) is 1. The van der Waals surface area contributed by atoms with Gasteiger partial charge >= 0.3 is 0 Å². The molecule has 0 heterocycles. The first-order chi connectivity index (χ1) is 8.70. The molecule has 1 aliphatic rings. The Hall–Kier alpha value is -0.790. The molecular weight excluding hydrogens is 236 g/mol. The zero-order valence-electron chi connectivity index (χ0n) is 13.5. The lowest BCUT2D eigenvalue weighted by atomic mass is 9.58. The predicted molar refractivity (Wildman–Crippen MR) is 79.9 cm³/mol. The Bertz CT molecular complexity index is 350. The van der Waals surface area contributed by atoms with Gasteiger partial charge in [0.2, 0.25) is 0 Å². The molecule has 0 aromatic carbocycles. The topological polar surface area (TPSA) is 26.3 Å². The Kier molecular flexibility index (Phi) is 5.23. The molecule has 2 heteroatoms. The number of ketones is 1. The van der Waals surface area contributed by atoms with Gasteiger partial charge in [-0.25, -0.2) is 0 Å². The lowest BCUT2D eigenvalue weighted by molar-refractivity contribution is -0.129. The number of carbonyl (C=O) groups is 1. The van der Waals surface area contributed by atoms with E-state index in [9.17, 15) is 4.79 Å². The van der Waals surface area contributed by atoms with Crippen LogP contribution in [-0.2, 0) is 9.53 Å². The molecule has 0 radical (unpaired) electrons. The van der Waals surface area contributed by atoms with Crippen molar-refractivity contribution in [2.45, 2.75) is 67.2 Å². The van der Waals surface area contributed by atoms with E-state index >= 15 is 0 Å². The van der Waals surface area contributed by atoms with Gasteiger partial charge in [0.1, 0.15) is 5.78 Å². The van der Waals surface area contributed by atoms with Crippen molar-refractivity contribution in [3.63, 3.8) is 0 Å². The largest absolute Gasteiger partial charge is 0.498 e. The van der Waals surface area contributed by atoms with E-state index < -0.39 is 0 Å².